The van der Waals surface area contributed by atoms with Crippen molar-refractivity contribution in [1.29, 1.82) is 0 Å². The zero-order valence-electron chi connectivity index (χ0n) is 18.1. The number of H-pyrrole nitrogens is 1. The molecule has 0 saturated heterocycles. The predicted molar refractivity (Wildman–Crippen MR) is 110 cm³/mol. The maximum Gasteiger partial charge on any atom is 0.326 e. The van der Waals surface area contributed by atoms with Crippen molar-refractivity contribution in [3.8, 4) is 0 Å². The molecule has 1 heterocycles. The molecular formula is C19H32N6O6. The first kappa shape index (κ1) is 26.0. The highest BCUT2D eigenvalue weighted by Crippen LogP contribution is 2.07. The van der Waals surface area contributed by atoms with Gasteiger partial charge in [0.2, 0.25) is 17.7 Å². The molecule has 1 rings (SSSR count). The SMILES string of the molecule is CC(C)C(NC(=O)C(Cc1cnc[nH]1)NC(=O)C(NC(=O)C(N)CO)C(C)C)C(=O)O. The number of aliphatic hydroxyl groups excluding tert-OH is 1. The summed E-state index contributed by atoms with van der Waals surface area (Å²) in [4.78, 5) is 55.9. The van der Waals surface area contributed by atoms with Crippen LogP contribution in [0.25, 0.3) is 0 Å². The van der Waals surface area contributed by atoms with Gasteiger partial charge in [-0.3, -0.25) is 14.4 Å². The zero-order chi connectivity index (χ0) is 23.7. The maximum absolute atomic E-state index is 12.9. The molecule has 0 bridgehead atoms. The van der Waals surface area contributed by atoms with Crippen LogP contribution < -0.4 is 21.7 Å². The van der Waals surface area contributed by atoms with Crippen LogP contribution in [0.5, 0.6) is 0 Å². The minimum Gasteiger partial charge on any atom is -0.480 e. The predicted octanol–water partition coefficient (Wildman–Crippen LogP) is -1.88. The number of nitrogens with two attached hydrogens (primary N) is 1. The average molecular weight is 441 g/mol. The van der Waals surface area contributed by atoms with Gasteiger partial charge < -0.3 is 36.9 Å². The van der Waals surface area contributed by atoms with Gasteiger partial charge in [0.1, 0.15) is 24.2 Å². The normalized spacial score (nSPS) is 15.1. The van der Waals surface area contributed by atoms with E-state index in [4.69, 9.17) is 10.8 Å². The number of hydrogen-bond donors (Lipinski definition) is 7. The lowest BCUT2D eigenvalue weighted by Gasteiger charge is -2.27. The summed E-state index contributed by atoms with van der Waals surface area (Å²) in [7, 11) is 0. The van der Waals surface area contributed by atoms with Crippen LogP contribution in [0.1, 0.15) is 33.4 Å². The molecule has 0 aliphatic heterocycles. The summed E-state index contributed by atoms with van der Waals surface area (Å²) in [6, 6.07) is -4.49. The molecule has 8 N–H and O–H groups in total. The van der Waals surface area contributed by atoms with Gasteiger partial charge in [-0.1, -0.05) is 27.7 Å². The van der Waals surface area contributed by atoms with Gasteiger partial charge in [0, 0.05) is 18.3 Å². The van der Waals surface area contributed by atoms with E-state index in [9.17, 15) is 24.3 Å². The van der Waals surface area contributed by atoms with Crippen molar-refractivity contribution in [3.63, 3.8) is 0 Å². The third-order valence-corrected chi connectivity index (χ3v) is 4.62. The van der Waals surface area contributed by atoms with Crippen molar-refractivity contribution in [2.45, 2.75) is 58.3 Å². The van der Waals surface area contributed by atoms with Crippen molar-refractivity contribution in [3.05, 3.63) is 18.2 Å². The van der Waals surface area contributed by atoms with Gasteiger partial charge in [-0.05, 0) is 11.8 Å². The van der Waals surface area contributed by atoms with E-state index in [1.165, 1.54) is 12.5 Å². The highest BCUT2D eigenvalue weighted by molar-refractivity contribution is 5.94. The number of nitrogens with one attached hydrogen (secondary N) is 4. The van der Waals surface area contributed by atoms with Gasteiger partial charge in [-0.25, -0.2) is 9.78 Å². The van der Waals surface area contributed by atoms with Crippen molar-refractivity contribution in [1.82, 2.24) is 25.9 Å². The van der Waals surface area contributed by atoms with E-state index in [1.54, 1.807) is 27.7 Å². The molecule has 0 aromatic carbocycles. The van der Waals surface area contributed by atoms with Gasteiger partial charge in [0.25, 0.3) is 0 Å². The monoisotopic (exact) mass is 440 g/mol. The molecule has 0 aliphatic rings. The topological polar surface area (TPSA) is 200 Å². The minimum atomic E-state index is -1.19. The van der Waals surface area contributed by atoms with Crippen LogP contribution in [0, 0.1) is 11.8 Å². The standard InChI is InChI=1S/C19H32N6O6/c1-9(2)14(24-16(27)12(20)7-26)18(29)23-13(5-11-6-21-8-22-11)17(28)25-15(10(3)4)19(30)31/h6,8-10,12-15,26H,5,7,20H2,1-4H3,(H,21,22)(H,23,29)(H,24,27)(H,25,28)(H,30,31). The number of rotatable bonds is 12. The van der Waals surface area contributed by atoms with Gasteiger partial charge in [0.05, 0.1) is 12.9 Å². The Morgan fingerprint density at radius 3 is 2.03 bits per heavy atom. The Morgan fingerprint density at radius 2 is 1.58 bits per heavy atom. The Labute approximate surface area is 180 Å². The molecule has 0 saturated carbocycles. The number of carboxylic acids is 1. The fraction of sp³-hybridized carbons (Fsp3) is 0.632. The van der Waals surface area contributed by atoms with Crippen LogP contribution in [-0.4, -0.2) is 74.6 Å². The van der Waals surface area contributed by atoms with Gasteiger partial charge in [-0.2, -0.15) is 0 Å². The lowest BCUT2D eigenvalue weighted by Crippen LogP contribution is -2.59. The number of imidazole rings is 1. The molecule has 0 aliphatic carbocycles. The van der Waals surface area contributed by atoms with Crippen molar-refractivity contribution < 1.29 is 29.4 Å². The molecule has 3 amide bonds. The van der Waals surface area contributed by atoms with Crippen molar-refractivity contribution in [2.24, 2.45) is 17.6 Å². The van der Waals surface area contributed by atoms with Crippen molar-refractivity contribution >= 4 is 23.7 Å². The van der Waals surface area contributed by atoms with Crippen molar-refractivity contribution in [2.75, 3.05) is 6.61 Å². The van der Waals surface area contributed by atoms with E-state index in [-0.39, 0.29) is 18.3 Å². The first-order chi connectivity index (χ1) is 14.5. The second-order valence-electron chi connectivity index (χ2n) is 7.93. The molecule has 0 fully saturated rings. The molecule has 4 unspecified atom stereocenters. The van der Waals surface area contributed by atoms with Crippen LogP contribution in [0.15, 0.2) is 12.5 Å². The van der Waals surface area contributed by atoms with Crippen LogP contribution >= 0.6 is 0 Å². The molecular weight excluding hydrogens is 408 g/mol. The summed E-state index contributed by atoms with van der Waals surface area (Å²) in [6.07, 6.45) is 2.91. The van der Waals surface area contributed by atoms with Gasteiger partial charge in [-0.15, -0.1) is 0 Å². The molecule has 1 aromatic rings. The van der Waals surface area contributed by atoms with E-state index >= 15 is 0 Å². The van der Waals surface area contributed by atoms with Crippen LogP contribution in [0.2, 0.25) is 0 Å². The number of nitrogens with zero attached hydrogens (tertiary/aromatic N) is 1. The fourth-order valence-corrected chi connectivity index (χ4v) is 2.73. The Hall–Kier alpha value is -2.99. The molecule has 0 radical (unpaired) electrons. The molecule has 174 valence electrons. The number of amides is 3. The number of aromatic nitrogens is 2. The van der Waals surface area contributed by atoms with E-state index in [0.717, 1.165) is 0 Å². The lowest BCUT2D eigenvalue weighted by atomic mass is 10.0. The largest absolute Gasteiger partial charge is 0.480 e. The minimum absolute atomic E-state index is 0.0247. The molecule has 12 heteroatoms. The number of carbonyl (C=O) groups is 4. The van der Waals surface area contributed by atoms with Crippen LogP contribution in [0.3, 0.4) is 0 Å². The molecule has 31 heavy (non-hydrogen) atoms. The Kier molecular flexibility index (Phi) is 10.1. The Balaban J connectivity index is 3.03. The fourth-order valence-electron chi connectivity index (χ4n) is 2.73. The van der Waals surface area contributed by atoms with E-state index < -0.39 is 54.5 Å². The summed E-state index contributed by atoms with van der Waals surface area (Å²) < 4.78 is 0. The first-order valence-electron chi connectivity index (χ1n) is 9.95. The second-order valence-corrected chi connectivity index (χ2v) is 7.93. The Bertz CT molecular complexity index is 751. The number of aliphatic hydroxyl groups is 1. The smallest absolute Gasteiger partial charge is 0.326 e. The number of aliphatic carboxylic acids is 1. The van der Waals surface area contributed by atoms with E-state index in [2.05, 4.69) is 25.9 Å². The number of carbonyl (C=O) groups excluding carboxylic acids is 3. The zero-order valence-corrected chi connectivity index (χ0v) is 18.1. The summed E-state index contributed by atoms with van der Waals surface area (Å²) in [5, 5.41) is 25.9. The maximum atomic E-state index is 12.9. The van der Waals surface area contributed by atoms with Crippen LogP contribution in [-0.2, 0) is 25.6 Å². The summed E-state index contributed by atoms with van der Waals surface area (Å²) in [5.74, 6) is -3.98. The summed E-state index contributed by atoms with van der Waals surface area (Å²) >= 11 is 0. The third-order valence-electron chi connectivity index (χ3n) is 4.62. The van der Waals surface area contributed by atoms with Gasteiger partial charge >= 0.3 is 5.97 Å². The lowest BCUT2D eigenvalue weighted by molar-refractivity contribution is -0.143. The Morgan fingerprint density at radius 1 is 1.00 bits per heavy atom. The highest BCUT2D eigenvalue weighted by atomic mass is 16.4. The van der Waals surface area contributed by atoms with Gasteiger partial charge in [0.15, 0.2) is 0 Å². The number of carboxylic acid groups (broad SMARTS) is 1. The summed E-state index contributed by atoms with van der Waals surface area (Å²) in [5.41, 5.74) is 6.04. The quantitative estimate of drug-likeness (QED) is 0.196. The first-order valence-corrected chi connectivity index (χ1v) is 9.95. The molecule has 1 aromatic heterocycles. The number of aromatic amines is 1. The van der Waals surface area contributed by atoms with E-state index in [0.29, 0.717) is 5.69 Å². The third kappa shape index (κ3) is 7.98. The van der Waals surface area contributed by atoms with Crippen LogP contribution in [0.4, 0.5) is 0 Å². The highest BCUT2D eigenvalue weighted by Gasteiger charge is 2.32. The number of hydrogen-bond acceptors (Lipinski definition) is 7. The second kappa shape index (κ2) is 12.0. The molecule has 0 spiro atoms. The van der Waals surface area contributed by atoms with E-state index in [1.807, 2.05) is 0 Å². The molecule has 12 nitrogen and oxygen atoms in total. The molecule has 4 atom stereocenters. The average Bonchev–Trinajstić information content (AvgIpc) is 3.20. The summed E-state index contributed by atoms with van der Waals surface area (Å²) in [6.45, 7) is 6.10.